The Morgan fingerprint density at radius 3 is 2.56 bits per heavy atom. The molecule has 1 N–H and O–H groups in total. The Labute approximate surface area is 56.2 Å². The highest BCUT2D eigenvalue weighted by atomic mass is 16.5. The van der Waals surface area contributed by atoms with Crippen LogP contribution in [-0.2, 0) is 4.74 Å². The van der Waals surface area contributed by atoms with Gasteiger partial charge in [-0.1, -0.05) is 6.58 Å². The minimum absolute atomic E-state index is 0.668. The van der Waals surface area contributed by atoms with Crippen molar-refractivity contribution in [2.24, 2.45) is 0 Å². The Bertz CT molecular complexity index is 127. The van der Waals surface area contributed by atoms with Crippen molar-refractivity contribution >= 4 is 0 Å². The Morgan fingerprint density at radius 2 is 2.22 bits per heavy atom. The molecule has 0 amide bonds. The number of allylic oxidation sites excluding steroid dienone is 2. The quantitative estimate of drug-likeness (QED) is 0.455. The maximum Gasteiger partial charge on any atom is 0.113 e. The first kappa shape index (κ1) is 8.08. The van der Waals surface area contributed by atoms with Crippen LogP contribution in [0.1, 0.15) is 6.92 Å². The zero-order chi connectivity index (χ0) is 7.28. The van der Waals surface area contributed by atoms with Crippen LogP contribution in [0.25, 0.3) is 0 Å². The van der Waals surface area contributed by atoms with E-state index in [0.717, 1.165) is 5.70 Å². The van der Waals surface area contributed by atoms with Gasteiger partial charge >= 0.3 is 0 Å². The molecule has 0 bridgehead atoms. The molecule has 0 aliphatic rings. The fourth-order valence-electron chi connectivity index (χ4n) is 0.373. The summed E-state index contributed by atoms with van der Waals surface area (Å²) in [5, 5.41) is 2.95. The van der Waals surface area contributed by atoms with E-state index in [1.165, 1.54) is 0 Å². The first-order valence-electron chi connectivity index (χ1n) is 2.79. The lowest BCUT2D eigenvalue weighted by Gasteiger charge is -2.00. The molecule has 0 radical (unpaired) electrons. The third-order valence-electron chi connectivity index (χ3n) is 1.03. The van der Waals surface area contributed by atoms with Gasteiger partial charge in [0.15, 0.2) is 0 Å². The zero-order valence-electron chi connectivity index (χ0n) is 6.19. The van der Waals surface area contributed by atoms with Gasteiger partial charge in [-0.2, -0.15) is 0 Å². The minimum atomic E-state index is 0.668. The summed E-state index contributed by atoms with van der Waals surface area (Å²) < 4.78 is 4.81. The van der Waals surface area contributed by atoms with Crippen LogP contribution in [0.5, 0.6) is 0 Å². The van der Waals surface area contributed by atoms with E-state index in [4.69, 9.17) is 4.74 Å². The number of methoxy groups -OCH3 is 1. The molecule has 0 aromatic heterocycles. The summed E-state index contributed by atoms with van der Waals surface area (Å²) in [4.78, 5) is 0. The van der Waals surface area contributed by atoms with Crippen LogP contribution in [0.3, 0.4) is 0 Å². The average Bonchev–Trinajstić information content (AvgIpc) is 1.87. The van der Waals surface area contributed by atoms with Gasteiger partial charge in [-0.25, -0.2) is 0 Å². The normalized spacial score (nSPS) is 10.8. The standard InChI is InChI=1S/C7H13NO/c1-6(8-3)5-7(2)9-4/h5,8H,2H2,1,3-4H3. The van der Waals surface area contributed by atoms with E-state index in [9.17, 15) is 0 Å². The van der Waals surface area contributed by atoms with Gasteiger partial charge < -0.3 is 10.1 Å². The molecule has 0 aromatic carbocycles. The van der Waals surface area contributed by atoms with Crippen LogP contribution in [0.15, 0.2) is 24.1 Å². The smallest absolute Gasteiger partial charge is 0.113 e. The second-order valence-electron chi connectivity index (χ2n) is 1.75. The molecule has 2 nitrogen and oxygen atoms in total. The molecular weight excluding hydrogens is 114 g/mol. The van der Waals surface area contributed by atoms with Crippen molar-refractivity contribution < 1.29 is 4.74 Å². The predicted molar refractivity (Wildman–Crippen MR) is 39.0 cm³/mol. The van der Waals surface area contributed by atoms with E-state index < -0.39 is 0 Å². The molecule has 0 saturated carbocycles. The van der Waals surface area contributed by atoms with Crippen molar-refractivity contribution in [1.82, 2.24) is 5.32 Å². The third kappa shape index (κ3) is 3.64. The summed E-state index contributed by atoms with van der Waals surface area (Å²) in [5.74, 6) is 0.668. The van der Waals surface area contributed by atoms with Gasteiger partial charge in [-0.15, -0.1) is 0 Å². The van der Waals surface area contributed by atoms with E-state index in [1.807, 2.05) is 20.0 Å². The van der Waals surface area contributed by atoms with E-state index >= 15 is 0 Å². The summed E-state index contributed by atoms with van der Waals surface area (Å²) in [6, 6.07) is 0. The first-order chi connectivity index (χ1) is 4.20. The molecule has 0 spiro atoms. The topological polar surface area (TPSA) is 21.3 Å². The molecular formula is C7H13NO. The molecule has 2 heteroatoms. The summed E-state index contributed by atoms with van der Waals surface area (Å²) in [5.41, 5.74) is 1.04. The van der Waals surface area contributed by atoms with Crippen LogP contribution in [0.2, 0.25) is 0 Å². The highest BCUT2D eigenvalue weighted by Crippen LogP contribution is 1.95. The van der Waals surface area contributed by atoms with Crippen LogP contribution >= 0.6 is 0 Å². The molecule has 0 rings (SSSR count). The third-order valence-corrected chi connectivity index (χ3v) is 1.03. The number of ether oxygens (including phenoxy) is 1. The number of nitrogens with one attached hydrogen (secondary N) is 1. The summed E-state index contributed by atoms with van der Waals surface area (Å²) >= 11 is 0. The lowest BCUT2D eigenvalue weighted by Crippen LogP contribution is -2.01. The molecule has 0 atom stereocenters. The van der Waals surface area contributed by atoms with E-state index in [-0.39, 0.29) is 0 Å². The summed E-state index contributed by atoms with van der Waals surface area (Å²) in [6.45, 7) is 5.57. The van der Waals surface area contributed by atoms with Gasteiger partial charge in [-0.3, -0.25) is 0 Å². The maximum absolute atomic E-state index is 4.81. The second-order valence-corrected chi connectivity index (χ2v) is 1.75. The average molecular weight is 127 g/mol. The molecule has 0 unspecified atom stereocenters. The van der Waals surface area contributed by atoms with Crippen LogP contribution in [-0.4, -0.2) is 14.2 Å². The Kier molecular flexibility index (Phi) is 3.60. The van der Waals surface area contributed by atoms with Crippen molar-refractivity contribution in [2.45, 2.75) is 6.92 Å². The lowest BCUT2D eigenvalue weighted by atomic mass is 10.4. The zero-order valence-corrected chi connectivity index (χ0v) is 6.19. The van der Waals surface area contributed by atoms with Crippen molar-refractivity contribution in [2.75, 3.05) is 14.2 Å². The van der Waals surface area contributed by atoms with Crippen molar-refractivity contribution in [3.05, 3.63) is 24.1 Å². The van der Waals surface area contributed by atoms with Crippen LogP contribution in [0.4, 0.5) is 0 Å². The van der Waals surface area contributed by atoms with Gasteiger partial charge in [0.2, 0.25) is 0 Å². The van der Waals surface area contributed by atoms with E-state index in [2.05, 4.69) is 11.9 Å². The number of rotatable bonds is 3. The van der Waals surface area contributed by atoms with Crippen LogP contribution in [0, 0.1) is 0 Å². The van der Waals surface area contributed by atoms with Gasteiger partial charge in [0.05, 0.1) is 7.11 Å². The first-order valence-corrected chi connectivity index (χ1v) is 2.79. The molecule has 0 aliphatic carbocycles. The van der Waals surface area contributed by atoms with Gasteiger partial charge in [0.25, 0.3) is 0 Å². The number of hydrogen-bond donors (Lipinski definition) is 1. The highest BCUT2D eigenvalue weighted by molar-refractivity contribution is 5.12. The van der Waals surface area contributed by atoms with E-state index in [0.29, 0.717) is 5.76 Å². The molecule has 0 heterocycles. The summed E-state index contributed by atoms with van der Waals surface area (Å²) in [7, 11) is 3.45. The van der Waals surface area contributed by atoms with Gasteiger partial charge in [0.1, 0.15) is 5.76 Å². The van der Waals surface area contributed by atoms with Crippen molar-refractivity contribution in [1.29, 1.82) is 0 Å². The Balaban J connectivity index is 3.79. The molecule has 52 valence electrons. The Morgan fingerprint density at radius 1 is 1.67 bits per heavy atom. The van der Waals surface area contributed by atoms with Gasteiger partial charge in [0, 0.05) is 12.7 Å². The second kappa shape index (κ2) is 4.01. The van der Waals surface area contributed by atoms with Crippen LogP contribution < -0.4 is 5.32 Å². The summed E-state index contributed by atoms with van der Waals surface area (Å²) in [6.07, 6.45) is 1.83. The van der Waals surface area contributed by atoms with E-state index in [1.54, 1.807) is 7.11 Å². The fraction of sp³-hybridized carbons (Fsp3) is 0.429. The Hall–Kier alpha value is -0.920. The monoisotopic (exact) mass is 127 g/mol. The minimum Gasteiger partial charge on any atom is -0.497 e. The van der Waals surface area contributed by atoms with Crippen molar-refractivity contribution in [3.63, 3.8) is 0 Å². The SMILES string of the molecule is C=C(C=C(C)NC)OC. The molecule has 9 heavy (non-hydrogen) atoms. The lowest BCUT2D eigenvalue weighted by molar-refractivity contribution is 0.308. The van der Waals surface area contributed by atoms with Crippen molar-refractivity contribution in [3.8, 4) is 0 Å². The molecule has 0 aliphatic heterocycles. The highest BCUT2D eigenvalue weighted by Gasteiger charge is 1.84. The largest absolute Gasteiger partial charge is 0.497 e. The fourth-order valence-corrected chi connectivity index (χ4v) is 0.373. The molecule has 0 fully saturated rings. The predicted octanol–water partition coefficient (Wildman–Crippen LogP) is 1.27. The molecule has 0 aromatic rings. The molecule has 0 saturated heterocycles. The maximum atomic E-state index is 4.81. The number of hydrogen-bond acceptors (Lipinski definition) is 2. The van der Waals surface area contributed by atoms with Gasteiger partial charge in [-0.05, 0) is 13.0 Å².